The molecule has 0 spiro atoms. The van der Waals surface area contributed by atoms with Crippen LogP contribution in [0, 0.1) is 0 Å². The highest BCUT2D eigenvalue weighted by Crippen LogP contribution is 2.56. The first-order valence-corrected chi connectivity index (χ1v) is 9.75. The molecule has 4 heteroatoms. The van der Waals surface area contributed by atoms with Crippen molar-refractivity contribution in [3.8, 4) is 22.3 Å². The number of rotatable bonds is 7. The van der Waals surface area contributed by atoms with Crippen LogP contribution in [-0.4, -0.2) is 22.2 Å². The lowest BCUT2D eigenvalue weighted by atomic mass is 9.71. The van der Waals surface area contributed by atoms with Gasteiger partial charge in [-0.3, -0.25) is 9.59 Å². The molecule has 2 N–H and O–H groups in total. The van der Waals surface area contributed by atoms with Crippen LogP contribution in [0.5, 0.6) is 0 Å². The zero-order chi connectivity index (χ0) is 20.4. The van der Waals surface area contributed by atoms with Crippen LogP contribution in [-0.2, 0) is 15.0 Å². The van der Waals surface area contributed by atoms with Crippen LogP contribution in [0.2, 0.25) is 0 Å². The van der Waals surface area contributed by atoms with Crippen LogP contribution < -0.4 is 0 Å². The summed E-state index contributed by atoms with van der Waals surface area (Å²) in [5, 5.41) is 18.8. The summed E-state index contributed by atoms with van der Waals surface area (Å²) in [5.74, 6) is -1.74. The molecule has 1 aliphatic carbocycles. The zero-order valence-electron chi connectivity index (χ0n) is 16.0. The van der Waals surface area contributed by atoms with Gasteiger partial charge in [0.25, 0.3) is 0 Å². The van der Waals surface area contributed by atoms with Crippen molar-refractivity contribution in [1.82, 2.24) is 0 Å². The van der Waals surface area contributed by atoms with Gasteiger partial charge in [-0.05, 0) is 46.2 Å². The lowest BCUT2D eigenvalue weighted by molar-refractivity contribution is -0.137. The SMILES string of the molecule is O=C(O)CCC1(CCC(=O)O)c2ccccc2-c2c(-c3ccccc3)cccc21. The first kappa shape index (κ1) is 18.9. The second-order valence-electron chi connectivity index (χ2n) is 7.51. The van der Waals surface area contributed by atoms with E-state index in [1.165, 1.54) is 0 Å². The fourth-order valence-corrected chi connectivity index (χ4v) is 4.67. The molecule has 3 aromatic carbocycles. The second kappa shape index (κ2) is 7.55. The van der Waals surface area contributed by atoms with Crippen LogP contribution in [0.15, 0.2) is 72.8 Å². The molecule has 1 aliphatic rings. The van der Waals surface area contributed by atoms with Gasteiger partial charge in [0.05, 0.1) is 0 Å². The van der Waals surface area contributed by atoms with Crippen LogP contribution in [0.3, 0.4) is 0 Å². The summed E-state index contributed by atoms with van der Waals surface area (Å²) in [6.07, 6.45) is 0.724. The molecule has 0 atom stereocenters. The van der Waals surface area contributed by atoms with Gasteiger partial charge in [0.15, 0.2) is 0 Å². The molecule has 3 aromatic rings. The Balaban J connectivity index is 1.97. The van der Waals surface area contributed by atoms with E-state index in [0.29, 0.717) is 12.8 Å². The van der Waals surface area contributed by atoms with E-state index in [0.717, 1.165) is 33.4 Å². The standard InChI is InChI=1S/C25H22O4/c26-22(27)13-15-25(16-14-23(28)29)20-11-5-4-9-19(20)24-18(10-6-12-21(24)25)17-7-2-1-3-8-17/h1-12H,13-16H2,(H,26,27)(H,28,29). The summed E-state index contributed by atoms with van der Waals surface area (Å²) in [6.45, 7) is 0. The fraction of sp³-hybridized carbons (Fsp3) is 0.200. The van der Waals surface area contributed by atoms with E-state index in [4.69, 9.17) is 0 Å². The topological polar surface area (TPSA) is 74.6 Å². The van der Waals surface area contributed by atoms with E-state index in [1.807, 2.05) is 48.5 Å². The summed E-state index contributed by atoms with van der Waals surface area (Å²) in [7, 11) is 0. The highest BCUT2D eigenvalue weighted by atomic mass is 16.4. The van der Waals surface area contributed by atoms with Crippen molar-refractivity contribution in [2.75, 3.05) is 0 Å². The number of fused-ring (bicyclic) bond motifs is 3. The third-order valence-electron chi connectivity index (χ3n) is 5.91. The van der Waals surface area contributed by atoms with Crippen molar-refractivity contribution in [1.29, 1.82) is 0 Å². The number of carboxylic acid groups (broad SMARTS) is 2. The van der Waals surface area contributed by atoms with Crippen LogP contribution in [0.4, 0.5) is 0 Å². The quantitative estimate of drug-likeness (QED) is 0.574. The zero-order valence-corrected chi connectivity index (χ0v) is 16.0. The number of aliphatic carboxylic acids is 2. The fourth-order valence-electron chi connectivity index (χ4n) is 4.67. The summed E-state index contributed by atoms with van der Waals surface area (Å²) < 4.78 is 0. The predicted molar refractivity (Wildman–Crippen MR) is 112 cm³/mol. The molecule has 0 aliphatic heterocycles. The van der Waals surface area contributed by atoms with Crippen molar-refractivity contribution in [2.24, 2.45) is 0 Å². The van der Waals surface area contributed by atoms with E-state index in [9.17, 15) is 19.8 Å². The summed E-state index contributed by atoms with van der Waals surface area (Å²) in [6, 6.07) is 24.2. The van der Waals surface area contributed by atoms with Crippen molar-refractivity contribution < 1.29 is 19.8 Å². The Morgan fingerprint density at radius 3 is 1.86 bits per heavy atom. The first-order chi connectivity index (χ1) is 14.0. The number of hydrogen-bond donors (Lipinski definition) is 2. The molecule has 0 saturated carbocycles. The number of carboxylic acids is 2. The molecular formula is C25H22O4. The van der Waals surface area contributed by atoms with E-state index in [-0.39, 0.29) is 12.8 Å². The Labute approximate surface area is 169 Å². The van der Waals surface area contributed by atoms with Gasteiger partial charge in [0.1, 0.15) is 0 Å². The van der Waals surface area contributed by atoms with Gasteiger partial charge >= 0.3 is 11.9 Å². The average molecular weight is 386 g/mol. The van der Waals surface area contributed by atoms with E-state index in [2.05, 4.69) is 24.3 Å². The molecule has 29 heavy (non-hydrogen) atoms. The largest absolute Gasteiger partial charge is 0.481 e. The molecule has 0 aromatic heterocycles. The third-order valence-corrected chi connectivity index (χ3v) is 5.91. The van der Waals surface area contributed by atoms with Gasteiger partial charge in [-0.2, -0.15) is 0 Å². The highest BCUT2D eigenvalue weighted by Gasteiger charge is 2.44. The molecule has 0 unspecified atom stereocenters. The number of carbonyl (C=O) groups is 2. The lowest BCUT2D eigenvalue weighted by Crippen LogP contribution is -2.27. The van der Waals surface area contributed by atoms with Gasteiger partial charge in [-0.15, -0.1) is 0 Å². The van der Waals surface area contributed by atoms with Gasteiger partial charge in [0, 0.05) is 18.3 Å². The first-order valence-electron chi connectivity index (χ1n) is 9.75. The molecular weight excluding hydrogens is 364 g/mol. The number of benzene rings is 3. The molecule has 146 valence electrons. The van der Waals surface area contributed by atoms with Crippen LogP contribution >= 0.6 is 0 Å². The normalized spacial score (nSPS) is 13.5. The van der Waals surface area contributed by atoms with E-state index < -0.39 is 17.4 Å². The van der Waals surface area contributed by atoms with Gasteiger partial charge in [-0.1, -0.05) is 72.8 Å². The number of hydrogen-bond acceptors (Lipinski definition) is 2. The molecule has 4 nitrogen and oxygen atoms in total. The highest BCUT2D eigenvalue weighted by molar-refractivity contribution is 5.93. The maximum atomic E-state index is 11.4. The smallest absolute Gasteiger partial charge is 0.303 e. The van der Waals surface area contributed by atoms with Crippen LogP contribution in [0.25, 0.3) is 22.3 Å². The van der Waals surface area contributed by atoms with E-state index >= 15 is 0 Å². The minimum Gasteiger partial charge on any atom is -0.481 e. The summed E-state index contributed by atoms with van der Waals surface area (Å²) in [5.41, 5.74) is 5.77. The minimum atomic E-state index is -0.871. The summed E-state index contributed by atoms with van der Waals surface area (Å²) in [4.78, 5) is 22.9. The molecule has 0 amide bonds. The van der Waals surface area contributed by atoms with Gasteiger partial charge < -0.3 is 10.2 Å². The predicted octanol–water partition coefficient (Wildman–Crippen LogP) is 5.35. The molecule has 0 heterocycles. The second-order valence-corrected chi connectivity index (χ2v) is 7.51. The Morgan fingerprint density at radius 1 is 0.655 bits per heavy atom. The minimum absolute atomic E-state index is 0.0110. The van der Waals surface area contributed by atoms with Crippen LogP contribution in [0.1, 0.15) is 36.8 Å². The molecule has 0 radical (unpaired) electrons. The van der Waals surface area contributed by atoms with Crippen molar-refractivity contribution in [3.63, 3.8) is 0 Å². The Hall–Kier alpha value is -3.40. The third kappa shape index (κ3) is 3.31. The molecule has 4 rings (SSSR count). The maximum Gasteiger partial charge on any atom is 0.303 e. The summed E-state index contributed by atoms with van der Waals surface area (Å²) >= 11 is 0. The molecule has 0 bridgehead atoms. The van der Waals surface area contributed by atoms with E-state index in [1.54, 1.807) is 0 Å². The van der Waals surface area contributed by atoms with Gasteiger partial charge in [-0.25, -0.2) is 0 Å². The van der Waals surface area contributed by atoms with Crippen molar-refractivity contribution in [2.45, 2.75) is 31.1 Å². The Morgan fingerprint density at radius 2 is 1.21 bits per heavy atom. The lowest BCUT2D eigenvalue weighted by Gasteiger charge is -2.31. The Bertz CT molecular complexity index is 1050. The maximum absolute atomic E-state index is 11.4. The van der Waals surface area contributed by atoms with Crippen molar-refractivity contribution >= 4 is 11.9 Å². The monoisotopic (exact) mass is 386 g/mol. The average Bonchev–Trinajstić information content (AvgIpc) is 3.02. The molecule has 0 fully saturated rings. The van der Waals surface area contributed by atoms with Gasteiger partial charge in [0.2, 0.25) is 0 Å². The Kier molecular flexibility index (Phi) is 4.93. The van der Waals surface area contributed by atoms with Crippen molar-refractivity contribution in [3.05, 3.63) is 83.9 Å². The molecule has 0 saturated heterocycles.